The van der Waals surface area contributed by atoms with Crippen molar-refractivity contribution in [2.75, 3.05) is 32.8 Å². The molecule has 1 aromatic rings. The molecule has 0 bridgehead atoms. The van der Waals surface area contributed by atoms with Crippen LogP contribution in [0.2, 0.25) is 0 Å². The van der Waals surface area contributed by atoms with Gasteiger partial charge in [-0.15, -0.1) is 0 Å². The third-order valence-corrected chi connectivity index (χ3v) is 3.97. The fraction of sp³-hybridized carbons (Fsp3) is 0.625. The molecule has 106 valence electrons. The van der Waals surface area contributed by atoms with Crippen LogP contribution in [-0.2, 0) is 6.42 Å². The summed E-state index contributed by atoms with van der Waals surface area (Å²) in [6.45, 7) is 6.40. The molecular formula is C16H25NO2. The van der Waals surface area contributed by atoms with Crippen LogP contribution in [0.3, 0.4) is 0 Å². The molecule has 1 aromatic carbocycles. The first kappa shape index (κ1) is 14.4. The summed E-state index contributed by atoms with van der Waals surface area (Å²) in [5, 5.41) is 9.10. The van der Waals surface area contributed by atoms with E-state index in [0.29, 0.717) is 12.5 Å². The number of nitrogens with zero attached hydrogens (tertiary/aromatic N) is 1. The Kier molecular flexibility index (Phi) is 5.67. The molecule has 0 atom stereocenters. The third kappa shape index (κ3) is 4.51. The largest absolute Gasteiger partial charge is 0.492 e. The van der Waals surface area contributed by atoms with Crippen molar-refractivity contribution in [3.8, 4) is 5.75 Å². The normalized spacial score (nSPS) is 17.6. The minimum atomic E-state index is 0.341. The maximum atomic E-state index is 9.10. The number of benzene rings is 1. The average Bonchev–Trinajstić information content (AvgIpc) is 2.49. The molecule has 1 heterocycles. The number of hydrogen-bond donors (Lipinski definition) is 1. The number of ether oxygens (including phenoxy) is 1. The maximum Gasteiger partial charge on any atom is 0.119 e. The molecule has 0 amide bonds. The Labute approximate surface area is 116 Å². The molecule has 3 nitrogen and oxygen atoms in total. The predicted molar refractivity (Wildman–Crippen MR) is 77.6 cm³/mol. The van der Waals surface area contributed by atoms with Crippen LogP contribution < -0.4 is 4.74 Å². The van der Waals surface area contributed by atoms with Gasteiger partial charge in [0.15, 0.2) is 0 Å². The van der Waals surface area contributed by atoms with Crippen molar-refractivity contribution in [2.45, 2.75) is 26.2 Å². The van der Waals surface area contributed by atoms with E-state index in [9.17, 15) is 0 Å². The summed E-state index contributed by atoms with van der Waals surface area (Å²) in [6, 6.07) is 8.36. The van der Waals surface area contributed by atoms with Crippen molar-refractivity contribution < 1.29 is 9.84 Å². The summed E-state index contributed by atoms with van der Waals surface area (Å²) in [4.78, 5) is 2.42. The highest BCUT2D eigenvalue weighted by Crippen LogP contribution is 2.16. The minimum Gasteiger partial charge on any atom is -0.492 e. The monoisotopic (exact) mass is 263 g/mol. The van der Waals surface area contributed by atoms with Gasteiger partial charge in [-0.25, -0.2) is 0 Å². The smallest absolute Gasteiger partial charge is 0.119 e. The highest BCUT2D eigenvalue weighted by molar-refractivity contribution is 5.27. The lowest BCUT2D eigenvalue weighted by Gasteiger charge is -2.30. The second-order valence-electron chi connectivity index (χ2n) is 5.31. The van der Waals surface area contributed by atoms with E-state index in [-0.39, 0.29) is 0 Å². The van der Waals surface area contributed by atoms with Gasteiger partial charge in [0.2, 0.25) is 0 Å². The second kappa shape index (κ2) is 7.51. The molecule has 2 rings (SSSR count). The molecule has 1 N–H and O–H groups in total. The number of piperidine rings is 1. The Morgan fingerprint density at radius 1 is 1.21 bits per heavy atom. The lowest BCUT2D eigenvalue weighted by Crippen LogP contribution is -2.37. The van der Waals surface area contributed by atoms with Gasteiger partial charge >= 0.3 is 0 Å². The number of aryl methyl sites for hydroxylation is 1. The predicted octanol–water partition coefficient (Wildman–Crippen LogP) is 2.33. The van der Waals surface area contributed by atoms with Crippen LogP contribution in [0.25, 0.3) is 0 Å². The molecule has 0 spiro atoms. The Morgan fingerprint density at radius 2 is 1.89 bits per heavy atom. The van der Waals surface area contributed by atoms with Gasteiger partial charge in [0, 0.05) is 13.2 Å². The molecule has 1 fully saturated rings. The molecule has 0 radical (unpaired) electrons. The summed E-state index contributed by atoms with van der Waals surface area (Å²) in [7, 11) is 0. The maximum absolute atomic E-state index is 9.10. The summed E-state index contributed by atoms with van der Waals surface area (Å²) in [6.07, 6.45) is 3.30. The Hall–Kier alpha value is -1.06. The van der Waals surface area contributed by atoms with Crippen molar-refractivity contribution in [3.63, 3.8) is 0 Å². The van der Waals surface area contributed by atoms with Crippen LogP contribution in [0.4, 0.5) is 0 Å². The Bertz CT molecular complexity index is 356. The highest BCUT2D eigenvalue weighted by atomic mass is 16.5. The van der Waals surface area contributed by atoms with E-state index in [0.717, 1.165) is 51.3 Å². The van der Waals surface area contributed by atoms with E-state index in [4.69, 9.17) is 9.84 Å². The first-order chi connectivity index (χ1) is 9.31. The SMILES string of the molecule is CCc1ccc(OCCN2CCC(CO)CC2)cc1. The van der Waals surface area contributed by atoms with Crippen LogP contribution in [0.5, 0.6) is 5.75 Å². The number of aliphatic hydroxyl groups is 1. The van der Waals surface area contributed by atoms with Gasteiger partial charge in [-0.05, 0) is 56.0 Å². The summed E-state index contributed by atoms with van der Waals surface area (Å²) >= 11 is 0. The van der Waals surface area contributed by atoms with Crippen LogP contribution in [0.1, 0.15) is 25.3 Å². The van der Waals surface area contributed by atoms with Crippen LogP contribution >= 0.6 is 0 Å². The quantitative estimate of drug-likeness (QED) is 0.855. The van der Waals surface area contributed by atoms with E-state index >= 15 is 0 Å². The van der Waals surface area contributed by atoms with Gasteiger partial charge in [0.05, 0.1) is 0 Å². The highest BCUT2D eigenvalue weighted by Gasteiger charge is 2.17. The summed E-state index contributed by atoms with van der Waals surface area (Å²) in [5.41, 5.74) is 1.35. The third-order valence-electron chi connectivity index (χ3n) is 3.97. The molecule has 1 aliphatic heterocycles. The molecule has 0 aromatic heterocycles. The number of likely N-dealkylation sites (tertiary alicyclic amines) is 1. The van der Waals surface area contributed by atoms with Gasteiger partial charge in [-0.1, -0.05) is 19.1 Å². The van der Waals surface area contributed by atoms with Gasteiger partial charge in [-0.3, -0.25) is 4.90 Å². The van der Waals surface area contributed by atoms with Gasteiger partial charge in [0.25, 0.3) is 0 Å². The molecule has 0 aliphatic carbocycles. The molecule has 0 unspecified atom stereocenters. The topological polar surface area (TPSA) is 32.7 Å². The fourth-order valence-corrected chi connectivity index (χ4v) is 2.51. The van der Waals surface area contributed by atoms with Gasteiger partial charge < -0.3 is 9.84 Å². The Balaban J connectivity index is 1.66. The first-order valence-electron chi connectivity index (χ1n) is 7.36. The molecule has 1 saturated heterocycles. The first-order valence-corrected chi connectivity index (χ1v) is 7.36. The van der Waals surface area contributed by atoms with Crippen molar-refractivity contribution in [2.24, 2.45) is 5.92 Å². The van der Waals surface area contributed by atoms with Crippen molar-refractivity contribution in [1.29, 1.82) is 0 Å². The standard InChI is InChI=1S/C16H25NO2/c1-2-14-3-5-16(6-4-14)19-12-11-17-9-7-15(13-18)8-10-17/h3-6,15,18H,2,7-13H2,1H3. The van der Waals surface area contributed by atoms with E-state index in [2.05, 4.69) is 36.1 Å². The van der Waals surface area contributed by atoms with E-state index in [1.54, 1.807) is 0 Å². The number of rotatable bonds is 6. The minimum absolute atomic E-state index is 0.341. The number of hydrogen-bond acceptors (Lipinski definition) is 3. The van der Waals surface area contributed by atoms with Crippen LogP contribution in [0.15, 0.2) is 24.3 Å². The lowest BCUT2D eigenvalue weighted by atomic mass is 9.98. The number of aliphatic hydroxyl groups excluding tert-OH is 1. The van der Waals surface area contributed by atoms with Gasteiger partial charge in [0.1, 0.15) is 12.4 Å². The average molecular weight is 263 g/mol. The molecular weight excluding hydrogens is 238 g/mol. The second-order valence-corrected chi connectivity index (χ2v) is 5.31. The lowest BCUT2D eigenvalue weighted by molar-refractivity contribution is 0.119. The molecule has 0 saturated carbocycles. The molecule has 3 heteroatoms. The fourth-order valence-electron chi connectivity index (χ4n) is 2.51. The zero-order chi connectivity index (χ0) is 13.5. The Morgan fingerprint density at radius 3 is 2.47 bits per heavy atom. The summed E-state index contributed by atoms with van der Waals surface area (Å²) in [5.74, 6) is 1.47. The van der Waals surface area contributed by atoms with Crippen LogP contribution in [-0.4, -0.2) is 42.9 Å². The van der Waals surface area contributed by atoms with Crippen molar-refractivity contribution >= 4 is 0 Å². The molecule has 1 aliphatic rings. The van der Waals surface area contributed by atoms with Crippen molar-refractivity contribution in [1.82, 2.24) is 4.90 Å². The summed E-state index contributed by atoms with van der Waals surface area (Å²) < 4.78 is 5.77. The van der Waals surface area contributed by atoms with Gasteiger partial charge in [-0.2, -0.15) is 0 Å². The zero-order valence-corrected chi connectivity index (χ0v) is 11.8. The van der Waals surface area contributed by atoms with E-state index < -0.39 is 0 Å². The van der Waals surface area contributed by atoms with Crippen LogP contribution in [0, 0.1) is 5.92 Å². The van der Waals surface area contributed by atoms with E-state index in [1.165, 1.54) is 5.56 Å². The van der Waals surface area contributed by atoms with Crippen molar-refractivity contribution in [3.05, 3.63) is 29.8 Å². The molecule has 19 heavy (non-hydrogen) atoms. The zero-order valence-electron chi connectivity index (χ0n) is 11.8. The van der Waals surface area contributed by atoms with E-state index in [1.807, 2.05) is 0 Å².